The largest absolute Gasteiger partial charge is 0.497 e. The van der Waals surface area contributed by atoms with Crippen LogP contribution in [0.25, 0.3) is 11.3 Å². The molecule has 0 bridgehead atoms. The number of nitriles is 1. The second-order valence-electron chi connectivity index (χ2n) is 6.60. The Morgan fingerprint density at radius 1 is 1.07 bits per heavy atom. The summed E-state index contributed by atoms with van der Waals surface area (Å²) in [4.78, 5) is 31.3. The minimum Gasteiger partial charge on any atom is -0.497 e. The molecule has 0 unspecified atom stereocenters. The zero-order chi connectivity index (χ0) is 21.1. The molecule has 7 heteroatoms. The standard InChI is InChI=1S/C23H17N3O3S/c1-29-18-10-8-17(9-11-18)26-21(27)13-20(23(26)28)30-22-16(14-24)7-12-19(25-22)15-5-3-2-4-6-15/h2-12,20H,13H2,1H3/t20-/m0/s1. The van der Waals surface area contributed by atoms with E-state index in [0.29, 0.717) is 27.7 Å². The quantitative estimate of drug-likeness (QED) is 0.585. The molecule has 0 N–H and O–H groups in total. The molecular weight excluding hydrogens is 398 g/mol. The van der Waals surface area contributed by atoms with Crippen molar-refractivity contribution in [2.24, 2.45) is 0 Å². The van der Waals surface area contributed by atoms with E-state index in [1.807, 2.05) is 30.3 Å². The molecule has 0 saturated carbocycles. The number of ether oxygens (including phenoxy) is 1. The number of thioether (sulfide) groups is 1. The lowest BCUT2D eigenvalue weighted by molar-refractivity contribution is -0.121. The first kappa shape index (κ1) is 19.7. The Kier molecular flexibility index (Phi) is 5.50. The highest BCUT2D eigenvalue weighted by molar-refractivity contribution is 8.00. The molecule has 1 saturated heterocycles. The van der Waals surface area contributed by atoms with E-state index in [-0.39, 0.29) is 18.2 Å². The molecule has 2 amide bonds. The van der Waals surface area contributed by atoms with Crippen LogP contribution in [-0.4, -0.2) is 29.2 Å². The third-order valence-electron chi connectivity index (χ3n) is 4.74. The lowest BCUT2D eigenvalue weighted by atomic mass is 10.1. The van der Waals surface area contributed by atoms with Gasteiger partial charge in [0.1, 0.15) is 16.8 Å². The summed E-state index contributed by atoms with van der Waals surface area (Å²) in [6.07, 6.45) is 0.0532. The molecule has 2 aromatic carbocycles. The minimum atomic E-state index is -0.634. The van der Waals surface area contributed by atoms with E-state index in [1.54, 1.807) is 43.5 Å². The molecule has 0 spiro atoms. The summed E-state index contributed by atoms with van der Waals surface area (Å²) in [6, 6.07) is 22.0. The summed E-state index contributed by atoms with van der Waals surface area (Å²) in [5, 5.41) is 9.29. The van der Waals surface area contributed by atoms with Crippen LogP contribution in [0.1, 0.15) is 12.0 Å². The number of benzene rings is 2. The van der Waals surface area contributed by atoms with Crippen molar-refractivity contribution in [3.05, 3.63) is 72.3 Å². The summed E-state index contributed by atoms with van der Waals surface area (Å²) in [5.74, 6) is 0.0516. The van der Waals surface area contributed by atoms with Crippen molar-refractivity contribution in [2.45, 2.75) is 16.7 Å². The van der Waals surface area contributed by atoms with Gasteiger partial charge in [-0.05, 0) is 36.4 Å². The van der Waals surface area contributed by atoms with Crippen LogP contribution in [0, 0.1) is 11.3 Å². The Morgan fingerprint density at radius 3 is 2.47 bits per heavy atom. The van der Waals surface area contributed by atoms with Crippen molar-refractivity contribution in [3.8, 4) is 23.1 Å². The summed E-state index contributed by atoms with van der Waals surface area (Å²) < 4.78 is 5.13. The Bertz CT molecular complexity index is 1140. The van der Waals surface area contributed by atoms with E-state index in [0.717, 1.165) is 17.3 Å². The molecule has 6 nitrogen and oxygen atoms in total. The van der Waals surface area contributed by atoms with Crippen LogP contribution >= 0.6 is 11.8 Å². The Hall–Kier alpha value is -3.63. The predicted octanol–water partition coefficient (Wildman–Crippen LogP) is 4.05. The fraction of sp³-hybridized carbons (Fsp3) is 0.130. The molecule has 1 atom stereocenters. The maximum absolute atomic E-state index is 13.0. The first-order chi connectivity index (χ1) is 14.6. The zero-order valence-electron chi connectivity index (χ0n) is 16.1. The number of pyridine rings is 1. The predicted molar refractivity (Wildman–Crippen MR) is 114 cm³/mol. The summed E-state index contributed by atoms with van der Waals surface area (Å²) in [6.45, 7) is 0. The minimum absolute atomic E-state index is 0.0532. The summed E-state index contributed by atoms with van der Waals surface area (Å²) in [7, 11) is 1.55. The van der Waals surface area contributed by atoms with Gasteiger partial charge in [0, 0.05) is 12.0 Å². The molecule has 2 heterocycles. The Labute approximate surface area is 178 Å². The van der Waals surface area contributed by atoms with E-state index in [4.69, 9.17) is 4.74 Å². The van der Waals surface area contributed by atoms with Crippen molar-refractivity contribution in [2.75, 3.05) is 12.0 Å². The van der Waals surface area contributed by atoms with Gasteiger partial charge >= 0.3 is 0 Å². The second kappa shape index (κ2) is 8.39. The number of anilines is 1. The van der Waals surface area contributed by atoms with Gasteiger partial charge in [-0.3, -0.25) is 9.59 Å². The summed E-state index contributed by atoms with van der Waals surface area (Å²) in [5.41, 5.74) is 2.50. The first-order valence-corrected chi connectivity index (χ1v) is 10.1. The van der Waals surface area contributed by atoms with Gasteiger partial charge in [-0.2, -0.15) is 5.26 Å². The van der Waals surface area contributed by atoms with Gasteiger partial charge in [-0.1, -0.05) is 42.1 Å². The number of rotatable bonds is 5. The molecule has 1 fully saturated rings. The van der Waals surface area contributed by atoms with Gasteiger partial charge in [0.15, 0.2) is 0 Å². The number of hydrogen-bond acceptors (Lipinski definition) is 6. The highest BCUT2D eigenvalue weighted by Crippen LogP contribution is 2.35. The van der Waals surface area contributed by atoms with Crippen molar-refractivity contribution >= 4 is 29.3 Å². The van der Waals surface area contributed by atoms with Gasteiger partial charge in [-0.15, -0.1) is 0 Å². The van der Waals surface area contributed by atoms with Gasteiger partial charge in [0.2, 0.25) is 11.8 Å². The van der Waals surface area contributed by atoms with Crippen molar-refractivity contribution < 1.29 is 14.3 Å². The van der Waals surface area contributed by atoms with Crippen molar-refractivity contribution in [1.29, 1.82) is 5.26 Å². The van der Waals surface area contributed by atoms with Crippen LogP contribution in [0.4, 0.5) is 5.69 Å². The van der Waals surface area contributed by atoms with Crippen LogP contribution < -0.4 is 9.64 Å². The SMILES string of the molecule is COc1ccc(N2C(=O)C[C@H](Sc3nc(-c4ccccc4)ccc3C#N)C2=O)cc1. The normalized spacial score (nSPS) is 15.9. The number of carbonyl (C=O) groups excluding carboxylic acids is 2. The average Bonchev–Trinajstić information content (AvgIpc) is 3.07. The van der Waals surface area contributed by atoms with Gasteiger partial charge in [0.25, 0.3) is 0 Å². The van der Waals surface area contributed by atoms with Crippen LogP contribution in [0.3, 0.4) is 0 Å². The highest BCUT2D eigenvalue weighted by atomic mass is 32.2. The molecule has 0 aliphatic carbocycles. The lowest BCUT2D eigenvalue weighted by Gasteiger charge is -2.15. The molecular formula is C23H17N3O3S. The molecule has 1 aliphatic rings. The van der Waals surface area contributed by atoms with Crippen LogP contribution in [-0.2, 0) is 9.59 Å². The number of carbonyl (C=O) groups is 2. The smallest absolute Gasteiger partial charge is 0.247 e. The third kappa shape index (κ3) is 3.78. The molecule has 3 aromatic rings. The Morgan fingerprint density at radius 2 is 1.80 bits per heavy atom. The maximum Gasteiger partial charge on any atom is 0.247 e. The molecule has 1 aliphatic heterocycles. The average molecular weight is 415 g/mol. The fourth-order valence-electron chi connectivity index (χ4n) is 3.22. The number of hydrogen-bond donors (Lipinski definition) is 0. The van der Waals surface area contributed by atoms with E-state index >= 15 is 0 Å². The van der Waals surface area contributed by atoms with E-state index in [9.17, 15) is 14.9 Å². The van der Waals surface area contributed by atoms with E-state index in [1.165, 1.54) is 4.90 Å². The topological polar surface area (TPSA) is 83.3 Å². The lowest BCUT2D eigenvalue weighted by Crippen LogP contribution is -2.31. The number of imide groups is 1. The number of methoxy groups -OCH3 is 1. The number of nitrogens with zero attached hydrogens (tertiary/aromatic N) is 3. The first-order valence-electron chi connectivity index (χ1n) is 9.25. The third-order valence-corrected chi connectivity index (χ3v) is 5.93. The fourth-order valence-corrected chi connectivity index (χ4v) is 4.31. The van der Waals surface area contributed by atoms with Crippen LogP contribution in [0.5, 0.6) is 5.75 Å². The van der Waals surface area contributed by atoms with Crippen LogP contribution in [0.2, 0.25) is 0 Å². The second-order valence-corrected chi connectivity index (χ2v) is 7.79. The Balaban J connectivity index is 1.60. The number of aromatic nitrogens is 1. The van der Waals surface area contributed by atoms with E-state index < -0.39 is 5.25 Å². The number of amides is 2. The van der Waals surface area contributed by atoms with Crippen molar-refractivity contribution in [1.82, 2.24) is 4.98 Å². The van der Waals surface area contributed by atoms with Crippen LogP contribution in [0.15, 0.2) is 71.8 Å². The maximum atomic E-state index is 13.0. The molecule has 1 aromatic heterocycles. The molecule has 4 rings (SSSR count). The highest BCUT2D eigenvalue weighted by Gasteiger charge is 2.40. The van der Waals surface area contributed by atoms with Gasteiger partial charge in [0.05, 0.1) is 29.3 Å². The van der Waals surface area contributed by atoms with Gasteiger partial charge < -0.3 is 4.74 Å². The molecule has 148 valence electrons. The van der Waals surface area contributed by atoms with Crippen molar-refractivity contribution in [3.63, 3.8) is 0 Å². The molecule has 0 radical (unpaired) electrons. The van der Waals surface area contributed by atoms with E-state index in [2.05, 4.69) is 11.1 Å². The molecule has 30 heavy (non-hydrogen) atoms. The monoisotopic (exact) mass is 415 g/mol. The summed E-state index contributed by atoms with van der Waals surface area (Å²) >= 11 is 1.16. The zero-order valence-corrected chi connectivity index (χ0v) is 16.9. The van der Waals surface area contributed by atoms with Gasteiger partial charge in [-0.25, -0.2) is 9.88 Å².